The lowest BCUT2D eigenvalue weighted by Gasteiger charge is -2.07. The monoisotopic (exact) mass is 247 g/mol. The van der Waals surface area contributed by atoms with Crippen LogP contribution in [-0.2, 0) is 11.3 Å². The Hall–Kier alpha value is -1.50. The maximum Gasteiger partial charge on any atom is 0.134 e. The minimum absolute atomic E-state index is 0.348. The molecule has 0 bridgehead atoms. The molecule has 0 aromatic heterocycles. The van der Waals surface area contributed by atoms with Crippen LogP contribution in [0.5, 0.6) is 5.75 Å². The highest BCUT2D eigenvalue weighted by Crippen LogP contribution is 2.19. The van der Waals surface area contributed by atoms with Crippen LogP contribution >= 0.6 is 0 Å². The maximum absolute atomic E-state index is 5.58. The van der Waals surface area contributed by atoms with Crippen LogP contribution in [0.2, 0.25) is 0 Å². The van der Waals surface area contributed by atoms with Gasteiger partial charge in [0.1, 0.15) is 5.75 Å². The fourth-order valence-corrected chi connectivity index (χ4v) is 1.53. The maximum atomic E-state index is 5.58. The molecule has 98 valence electrons. The Labute approximate surface area is 109 Å². The van der Waals surface area contributed by atoms with Gasteiger partial charge in [0.25, 0.3) is 0 Å². The van der Waals surface area contributed by atoms with Crippen LogP contribution in [-0.4, -0.2) is 20.3 Å². The van der Waals surface area contributed by atoms with E-state index in [1.807, 2.05) is 18.2 Å². The van der Waals surface area contributed by atoms with Gasteiger partial charge in [0.15, 0.2) is 0 Å². The lowest BCUT2D eigenvalue weighted by molar-refractivity contribution is 0.118. The molecule has 1 aromatic rings. The highest BCUT2D eigenvalue weighted by Gasteiger charge is 2.02. The average molecular weight is 247 g/mol. The number of nitrogens with two attached hydrogens (primary N) is 1. The zero-order chi connectivity index (χ0) is 13.2. The fourth-order valence-electron chi connectivity index (χ4n) is 1.53. The highest BCUT2D eigenvalue weighted by atomic mass is 16.5. The zero-order valence-corrected chi connectivity index (χ0v) is 11.2. The highest BCUT2D eigenvalue weighted by molar-refractivity contribution is 5.48. The first kappa shape index (κ1) is 14.6. The molecular formula is C15H21NO2. The summed E-state index contributed by atoms with van der Waals surface area (Å²) >= 11 is 0. The quantitative estimate of drug-likeness (QED) is 0.620. The van der Waals surface area contributed by atoms with Crippen LogP contribution in [0, 0.1) is 11.8 Å². The van der Waals surface area contributed by atoms with Gasteiger partial charge in [-0.25, -0.2) is 0 Å². The minimum atomic E-state index is 0.348. The van der Waals surface area contributed by atoms with Crippen LogP contribution in [0.3, 0.4) is 0 Å². The Morgan fingerprint density at radius 2 is 2.17 bits per heavy atom. The lowest BCUT2D eigenvalue weighted by Crippen LogP contribution is -1.97. The first-order valence-electron chi connectivity index (χ1n) is 6.25. The molecule has 2 N–H and O–H groups in total. The van der Waals surface area contributed by atoms with Gasteiger partial charge in [-0.05, 0) is 24.1 Å². The molecule has 1 rings (SSSR count). The molecule has 0 saturated carbocycles. The average Bonchev–Trinajstić information content (AvgIpc) is 2.41. The summed E-state index contributed by atoms with van der Waals surface area (Å²) in [6.07, 6.45) is 2.24. The van der Waals surface area contributed by atoms with Gasteiger partial charge < -0.3 is 15.2 Å². The summed E-state index contributed by atoms with van der Waals surface area (Å²) in [6, 6.07) is 5.91. The smallest absolute Gasteiger partial charge is 0.134 e. The van der Waals surface area contributed by atoms with Gasteiger partial charge in [-0.2, -0.15) is 0 Å². The summed E-state index contributed by atoms with van der Waals surface area (Å²) in [5, 5.41) is 0. The number of methoxy groups -OCH3 is 1. The molecule has 18 heavy (non-hydrogen) atoms. The van der Waals surface area contributed by atoms with Crippen molar-refractivity contribution in [3.63, 3.8) is 0 Å². The van der Waals surface area contributed by atoms with Crippen LogP contribution in [0.25, 0.3) is 0 Å². The molecule has 0 atom stereocenters. The Kier molecular flexibility index (Phi) is 6.93. The number of hydrogen-bond donors (Lipinski definition) is 1. The van der Waals surface area contributed by atoms with Crippen molar-refractivity contribution in [3.05, 3.63) is 29.3 Å². The van der Waals surface area contributed by atoms with Crippen molar-refractivity contribution in [3.8, 4) is 17.6 Å². The molecule has 0 amide bonds. The summed E-state index contributed by atoms with van der Waals surface area (Å²) in [4.78, 5) is 0. The van der Waals surface area contributed by atoms with E-state index in [-0.39, 0.29) is 0 Å². The van der Waals surface area contributed by atoms with E-state index >= 15 is 0 Å². The molecule has 1 aromatic carbocycles. The third kappa shape index (κ3) is 4.79. The van der Waals surface area contributed by atoms with Crippen molar-refractivity contribution in [2.45, 2.75) is 26.4 Å². The number of unbranched alkanes of at least 4 members (excludes halogenated alkanes) is 1. The normalized spacial score (nSPS) is 9.72. The molecule has 0 aliphatic heterocycles. The molecule has 0 unspecified atom stereocenters. The summed E-state index contributed by atoms with van der Waals surface area (Å²) in [6.45, 7) is 3.91. The standard InChI is InChI=1S/C15H21NO2/c1-3-4-10-18-12-13-7-8-15(17-2)14(11-13)6-5-9-16/h7-8,11H,3-4,9-10,12,16H2,1-2H3. The summed E-state index contributed by atoms with van der Waals surface area (Å²) in [5.41, 5.74) is 7.35. The Morgan fingerprint density at radius 1 is 1.33 bits per heavy atom. The topological polar surface area (TPSA) is 44.5 Å². The molecule has 0 saturated heterocycles. The van der Waals surface area contributed by atoms with Gasteiger partial charge in [-0.1, -0.05) is 31.3 Å². The second-order valence-corrected chi connectivity index (χ2v) is 3.95. The molecule has 0 radical (unpaired) electrons. The summed E-state index contributed by atoms with van der Waals surface area (Å²) < 4.78 is 10.8. The summed E-state index contributed by atoms with van der Waals surface area (Å²) in [5.74, 6) is 6.62. The first-order valence-corrected chi connectivity index (χ1v) is 6.25. The van der Waals surface area contributed by atoms with E-state index in [1.54, 1.807) is 7.11 Å². The third-order valence-electron chi connectivity index (χ3n) is 2.50. The van der Waals surface area contributed by atoms with Crippen LogP contribution in [0.1, 0.15) is 30.9 Å². The van der Waals surface area contributed by atoms with E-state index in [2.05, 4.69) is 18.8 Å². The van der Waals surface area contributed by atoms with Gasteiger partial charge in [0, 0.05) is 6.61 Å². The van der Waals surface area contributed by atoms with Crippen LogP contribution < -0.4 is 10.5 Å². The molecule has 0 fully saturated rings. The SMILES string of the molecule is CCCCOCc1ccc(OC)c(C#CCN)c1. The molecule has 0 aliphatic rings. The van der Waals surface area contributed by atoms with Gasteiger partial charge in [-0.3, -0.25) is 0 Å². The molecule has 0 heterocycles. The van der Waals surface area contributed by atoms with Crippen LogP contribution in [0.15, 0.2) is 18.2 Å². The Bertz CT molecular complexity index is 418. The molecule has 3 heteroatoms. The second kappa shape index (κ2) is 8.57. The van der Waals surface area contributed by atoms with E-state index in [1.165, 1.54) is 0 Å². The number of rotatable bonds is 6. The van der Waals surface area contributed by atoms with E-state index < -0.39 is 0 Å². The van der Waals surface area contributed by atoms with Crippen molar-refractivity contribution in [2.75, 3.05) is 20.3 Å². The van der Waals surface area contributed by atoms with Gasteiger partial charge in [0.2, 0.25) is 0 Å². The molecule has 0 spiro atoms. The predicted molar refractivity (Wildman–Crippen MR) is 73.5 cm³/mol. The predicted octanol–water partition coefficient (Wildman–Crippen LogP) is 2.32. The largest absolute Gasteiger partial charge is 0.495 e. The fraction of sp³-hybridized carbons (Fsp3) is 0.467. The van der Waals surface area contributed by atoms with Crippen LogP contribution in [0.4, 0.5) is 0 Å². The third-order valence-corrected chi connectivity index (χ3v) is 2.50. The lowest BCUT2D eigenvalue weighted by atomic mass is 10.1. The zero-order valence-electron chi connectivity index (χ0n) is 11.2. The number of hydrogen-bond acceptors (Lipinski definition) is 3. The van der Waals surface area contributed by atoms with E-state index in [9.17, 15) is 0 Å². The van der Waals surface area contributed by atoms with Crippen molar-refractivity contribution >= 4 is 0 Å². The van der Waals surface area contributed by atoms with Gasteiger partial charge in [0.05, 0.1) is 25.8 Å². The van der Waals surface area contributed by atoms with Gasteiger partial charge in [-0.15, -0.1) is 0 Å². The van der Waals surface area contributed by atoms with E-state index in [0.29, 0.717) is 13.2 Å². The Balaban J connectivity index is 2.70. The first-order chi connectivity index (χ1) is 8.81. The van der Waals surface area contributed by atoms with Crippen molar-refractivity contribution in [2.24, 2.45) is 5.73 Å². The molecule has 0 aliphatic carbocycles. The number of ether oxygens (including phenoxy) is 2. The molecule has 3 nitrogen and oxygen atoms in total. The minimum Gasteiger partial charge on any atom is -0.495 e. The van der Waals surface area contributed by atoms with Gasteiger partial charge >= 0.3 is 0 Å². The number of benzene rings is 1. The molecular weight excluding hydrogens is 226 g/mol. The van der Waals surface area contributed by atoms with E-state index in [4.69, 9.17) is 15.2 Å². The Morgan fingerprint density at radius 3 is 2.83 bits per heavy atom. The van der Waals surface area contributed by atoms with Crippen molar-refractivity contribution in [1.29, 1.82) is 0 Å². The van der Waals surface area contributed by atoms with E-state index in [0.717, 1.165) is 36.3 Å². The second-order valence-electron chi connectivity index (χ2n) is 3.95. The van der Waals surface area contributed by atoms with Crippen molar-refractivity contribution in [1.82, 2.24) is 0 Å². The van der Waals surface area contributed by atoms with Crippen molar-refractivity contribution < 1.29 is 9.47 Å². The summed E-state index contributed by atoms with van der Waals surface area (Å²) in [7, 11) is 1.64.